The molecular weight excluding hydrogens is 174 g/mol. The van der Waals surface area contributed by atoms with Crippen molar-refractivity contribution in [1.82, 2.24) is 5.32 Å². The fourth-order valence-corrected chi connectivity index (χ4v) is 1.55. The van der Waals surface area contributed by atoms with Crippen molar-refractivity contribution in [2.24, 2.45) is 5.92 Å². The molecule has 0 saturated carbocycles. The van der Waals surface area contributed by atoms with Crippen LogP contribution in [0.3, 0.4) is 0 Å². The zero-order chi connectivity index (χ0) is 11.0. The van der Waals surface area contributed by atoms with Crippen LogP contribution in [0.2, 0.25) is 0 Å². The summed E-state index contributed by atoms with van der Waals surface area (Å²) in [6.45, 7) is 10.4. The highest BCUT2D eigenvalue weighted by Gasteiger charge is 2.18. The Balaban J connectivity index is 3.50. The predicted octanol–water partition coefficient (Wildman–Crippen LogP) is 2.56. The second-order valence-electron chi connectivity index (χ2n) is 4.89. The van der Waals surface area contributed by atoms with Crippen LogP contribution in [-0.4, -0.2) is 23.8 Å². The van der Waals surface area contributed by atoms with Gasteiger partial charge in [0.25, 0.3) is 0 Å². The van der Waals surface area contributed by atoms with Gasteiger partial charge in [-0.3, -0.25) is 0 Å². The molecule has 0 aliphatic carbocycles. The van der Waals surface area contributed by atoms with Gasteiger partial charge < -0.3 is 10.4 Å². The molecule has 1 atom stereocenters. The van der Waals surface area contributed by atoms with E-state index in [1.54, 1.807) is 0 Å². The molecule has 0 spiro atoms. The lowest BCUT2D eigenvalue weighted by Crippen LogP contribution is -2.29. The first-order valence-electron chi connectivity index (χ1n) is 5.91. The average Bonchev–Trinajstić information content (AvgIpc) is 2.03. The minimum absolute atomic E-state index is 0.475. The average molecular weight is 201 g/mol. The Hall–Kier alpha value is -0.0800. The number of aliphatic hydroxyl groups is 1. The Morgan fingerprint density at radius 3 is 2.43 bits per heavy atom. The highest BCUT2D eigenvalue weighted by molar-refractivity contribution is 4.73. The van der Waals surface area contributed by atoms with Gasteiger partial charge in [0.15, 0.2) is 0 Å². The van der Waals surface area contributed by atoms with Crippen molar-refractivity contribution in [3.8, 4) is 0 Å². The monoisotopic (exact) mass is 201 g/mol. The summed E-state index contributed by atoms with van der Waals surface area (Å²) in [7, 11) is 0. The molecule has 0 heterocycles. The molecule has 0 amide bonds. The lowest BCUT2D eigenvalue weighted by Gasteiger charge is -2.23. The summed E-state index contributed by atoms with van der Waals surface area (Å²) in [5.41, 5.74) is -0.475. The molecule has 0 aromatic heterocycles. The van der Waals surface area contributed by atoms with E-state index < -0.39 is 5.60 Å². The van der Waals surface area contributed by atoms with Crippen LogP contribution in [0.5, 0.6) is 0 Å². The molecule has 2 heteroatoms. The Kier molecular flexibility index (Phi) is 7.20. The highest BCUT2D eigenvalue weighted by atomic mass is 16.3. The van der Waals surface area contributed by atoms with Crippen LogP contribution < -0.4 is 5.32 Å². The van der Waals surface area contributed by atoms with E-state index in [9.17, 15) is 5.11 Å². The topological polar surface area (TPSA) is 32.3 Å². The van der Waals surface area contributed by atoms with Crippen molar-refractivity contribution in [3.05, 3.63) is 0 Å². The molecule has 0 aliphatic rings. The SMILES string of the molecule is CCNCCC(C)(O)CCCC(C)C. The van der Waals surface area contributed by atoms with E-state index in [-0.39, 0.29) is 0 Å². The fraction of sp³-hybridized carbons (Fsp3) is 1.00. The Bertz CT molecular complexity index is 132. The fourth-order valence-electron chi connectivity index (χ4n) is 1.55. The van der Waals surface area contributed by atoms with E-state index in [1.165, 1.54) is 6.42 Å². The number of hydrogen-bond acceptors (Lipinski definition) is 2. The van der Waals surface area contributed by atoms with Gasteiger partial charge in [0.05, 0.1) is 5.60 Å². The summed E-state index contributed by atoms with van der Waals surface area (Å²) in [6, 6.07) is 0. The maximum atomic E-state index is 10.0. The largest absolute Gasteiger partial charge is 0.390 e. The van der Waals surface area contributed by atoms with Gasteiger partial charge in [0.1, 0.15) is 0 Å². The second-order valence-corrected chi connectivity index (χ2v) is 4.89. The minimum Gasteiger partial charge on any atom is -0.390 e. The molecular formula is C12H27NO. The smallest absolute Gasteiger partial charge is 0.0631 e. The number of nitrogens with one attached hydrogen (secondary N) is 1. The third-order valence-corrected chi connectivity index (χ3v) is 2.59. The van der Waals surface area contributed by atoms with E-state index in [0.717, 1.165) is 38.3 Å². The quantitative estimate of drug-likeness (QED) is 0.592. The molecule has 14 heavy (non-hydrogen) atoms. The van der Waals surface area contributed by atoms with E-state index in [2.05, 4.69) is 26.1 Å². The van der Waals surface area contributed by atoms with Crippen LogP contribution in [0.25, 0.3) is 0 Å². The van der Waals surface area contributed by atoms with Gasteiger partial charge in [-0.1, -0.05) is 33.6 Å². The van der Waals surface area contributed by atoms with Crippen molar-refractivity contribution < 1.29 is 5.11 Å². The lowest BCUT2D eigenvalue weighted by molar-refractivity contribution is 0.0391. The molecule has 0 aromatic rings. The lowest BCUT2D eigenvalue weighted by atomic mass is 9.93. The van der Waals surface area contributed by atoms with Gasteiger partial charge in [0.2, 0.25) is 0 Å². The van der Waals surface area contributed by atoms with E-state index >= 15 is 0 Å². The third kappa shape index (κ3) is 8.52. The molecule has 0 fully saturated rings. The van der Waals surface area contributed by atoms with Gasteiger partial charge in [-0.15, -0.1) is 0 Å². The molecule has 0 radical (unpaired) electrons. The maximum Gasteiger partial charge on any atom is 0.0631 e. The van der Waals surface area contributed by atoms with E-state index in [1.807, 2.05) is 6.92 Å². The highest BCUT2D eigenvalue weighted by Crippen LogP contribution is 2.19. The van der Waals surface area contributed by atoms with Crippen LogP contribution in [0.4, 0.5) is 0 Å². The number of hydrogen-bond donors (Lipinski definition) is 2. The zero-order valence-corrected chi connectivity index (χ0v) is 10.3. The Morgan fingerprint density at radius 1 is 1.29 bits per heavy atom. The first-order chi connectivity index (χ1) is 6.48. The molecule has 0 saturated heterocycles. The molecule has 1 unspecified atom stereocenters. The minimum atomic E-state index is -0.475. The van der Waals surface area contributed by atoms with Gasteiger partial charge in [-0.25, -0.2) is 0 Å². The normalized spacial score (nSPS) is 15.9. The summed E-state index contributed by atoms with van der Waals surface area (Å²) in [6.07, 6.45) is 4.14. The molecule has 0 rings (SSSR count). The van der Waals surface area contributed by atoms with Crippen molar-refractivity contribution in [2.45, 2.75) is 59.0 Å². The predicted molar refractivity (Wildman–Crippen MR) is 62.5 cm³/mol. The standard InChI is InChI=1S/C12H27NO/c1-5-13-10-9-12(4,14)8-6-7-11(2)3/h11,13-14H,5-10H2,1-4H3. The molecule has 86 valence electrons. The van der Waals surface area contributed by atoms with Gasteiger partial charge in [-0.05, 0) is 38.8 Å². The maximum absolute atomic E-state index is 10.0. The summed E-state index contributed by atoms with van der Waals surface area (Å²) in [5, 5.41) is 13.3. The van der Waals surface area contributed by atoms with Gasteiger partial charge in [0, 0.05) is 0 Å². The Labute approximate surface area is 89.1 Å². The van der Waals surface area contributed by atoms with Crippen LogP contribution in [0, 0.1) is 5.92 Å². The molecule has 0 bridgehead atoms. The van der Waals surface area contributed by atoms with Crippen molar-refractivity contribution >= 4 is 0 Å². The third-order valence-electron chi connectivity index (χ3n) is 2.59. The number of rotatable bonds is 8. The summed E-state index contributed by atoms with van der Waals surface area (Å²) in [5.74, 6) is 0.750. The van der Waals surface area contributed by atoms with Crippen molar-refractivity contribution in [3.63, 3.8) is 0 Å². The zero-order valence-electron chi connectivity index (χ0n) is 10.3. The van der Waals surface area contributed by atoms with Gasteiger partial charge in [-0.2, -0.15) is 0 Å². The first-order valence-corrected chi connectivity index (χ1v) is 5.91. The van der Waals surface area contributed by atoms with Gasteiger partial charge >= 0.3 is 0 Å². The van der Waals surface area contributed by atoms with Crippen LogP contribution >= 0.6 is 0 Å². The van der Waals surface area contributed by atoms with Crippen molar-refractivity contribution in [1.29, 1.82) is 0 Å². The molecule has 0 aromatic carbocycles. The Morgan fingerprint density at radius 2 is 1.93 bits per heavy atom. The first kappa shape index (κ1) is 13.9. The van der Waals surface area contributed by atoms with Crippen LogP contribution in [-0.2, 0) is 0 Å². The van der Waals surface area contributed by atoms with E-state index in [0.29, 0.717) is 0 Å². The van der Waals surface area contributed by atoms with Crippen molar-refractivity contribution in [2.75, 3.05) is 13.1 Å². The van der Waals surface area contributed by atoms with Crippen LogP contribution in [0.15, 0.2) is 0 Å². The van der Waals surface area contributed by atoms with Crippen LogP contribution in [0.1, 0.15) is 53.4 Å². The molecule has 0 aliphatic heterocycles. The summed E-state index contributed by atoms with van der Waals surface area (Å²) < 4.78 is 0. The second kappa shape index (κ2) is 7.24. The summed E-state index contributed by atoms with van der Waals surface area (Å²) in [4.78, 5) is 0. The molecule has 2 nitrogen and oxygen atoms in total. The summed E-state index contributed by atoms with van der Waals surface area (Å²) >= 11 is 0. The van der Waals surface area contributed by atoms with E-state index in [4.69, 9.17) is 0 Å². The molecule has 2 N–H and O–H groups in total.